The largest absolute Gasteiger partial charge is 0.365 e. The fourth-order valence-electron chi connectivity index (χ4n) is 4.59. The van der Waals surface area contributed by atoms with E-state index < -0.39 is 0 Å². The maximum absolute atomic E-state index is 13.1. The molecule has 5 heteroatoms. The summed E-state index contributed by atoms with van der Waals surface area (Å²) in [7, 11) is 0. The first-order valence-electron chi connectivity index (χ1n) is 9.32. The fraction of sp³-hybridized carbons (Fsp3) is 0.684. The second-order valence-electron chi connectivity index (χ2n) is 7.93. The van der Waals surface area contributed by atoms with Crippen molar-refractivity contribution in [2.45, 2.75) is 45.4 Å². The van der Waals surface area contributed by atoms with E-state index in [1.165, 1.54) is 19.3 Å². The van der Waals surface area contributed by atoms with Gasteiger partial charge in [0.25, 0.3) is 5.91 Å². The average Bonchev–Trinajstić information content (AvgIpc) is 3.14. The molecule has 4 rings (SSSR count). The summed E-state index contributed by atoms with van der Waals surface area (Å²) >= 11 is 0. The van der Waals surface area contributed by atoms with Crippen LogP contribution >= 0.6 is 0 Å². The Kier molecular flexibility index (Phi) is 3.89. The molecule has 3 fully saturated rings. The zero-order chi connectivity index (χ0) is 16.7. The highest BCUT2D eigenvalue weighted by atomic mass is 16.2. The number of piperidine rings is 1. The molecule has 3 heterocycles. The van der Waals surface area contributed by atoms with Gasteiger partial charge in [-0.1, -0.05) is 6.42 Å². The smallest absolute Gasteiger partial charge is 0.255 e. The molecule has 2 saturated heterocycles. The van der Waals surface area contributed by atoms with Gasteiger partial charge < -0.3 is 14.8 Å². The first kappa shape index (κ1) is 15.7. The standard InChI is InChI=1S/C19H27N3O2/c1-14-16(6-9-20-14)17(23)22-11-8-19(13-22)7-3-10-21(18(19)24)12-15-4-2-5-15/h6,9,15,20H,2-5,7-8,10-13H2,1H3/t19-/m1/s1. The number of H-pyrrole nitrogens is 1. The van der Waals surface area contributed by atoms with E-state index in [-0.39, 0.29) is 11.3 Å². The summed E-state index contributed by atoms with van der Waals surface area (Å²) in [5, 5.41) is 0. The molecule has 0 bridgehead atoms. The Hall–Kier alpha value is -1.78. The molecule has 1 atom stereocenters. The second kappa shape index (κ2) is 5.94. The van der Waals surface area contributed by atoms with Gasteiger partial charge in [-0.15, -0.1) is 0 Å². The number of carbonyl (C=O) groups is 2. The number of carbonyl (C=O) groups excluding carboxylic acids is 2. The van der Waals surface area contributed by atoms with E-state index in [0.29, 0.717) is 24.9 Å². The number of likely N-dealkylation sites (tertiary alicyclic amines) is 2. The van der Waals surface area contributed by atoms with E-state index in [9.17, 15) is 9.59 Å². The lowest BCUT2D eigenvalue weighted by Gasteiger charge is -2.42. The SMILES string of the molecule is Cc1[nH]ccc1C(=O)N1CC[C@]2(CCCN(CC3CCC3)C2=O)C1. The van der Waals surface area contributed by atoms with Crippen molar-refractivity contribution in [3.05, 3.63) is 23.5 Å². The number of aromatic amines is 1. The van der Waals surface area contributed by atoms with Gasteiger partial charge in [0.1, 0.15) is 0 Å². The van der Waals surface area contributed by atoms with Gasteiger partial charge in [-0.2, -0.15) is 0 Å². The van der Waals surface area contributed by atoms with Crippen molar-refractivity contribution in [2.75, 3.05) is 26.2 Å². The zero-order valence-corrected chi connectivity index (χ0v) is 14.5. The van der Waals surface area contributed by atoms with Crippen molar-refractivity contribution in [1.82, 2.24) is 14.8 Å². The number of amides is 2. The van der Waals surface area contributed by atoms with Crippen LogP contribution in [0.5, 0.6) is 0 Å². The van der Waals surface area contributed by atoms with Crippen molar-refractivity contribution >= 4 is 11.8 Å². The third-order valence-electron chi connectivity index (χ3n) is 6.35. The number of aryl methyl sites for hydroxylation is 1. The molecule has 3 aliphatic rings. The number of aromatic nitrogens is 1. The van der Waals surface area contributed by atoms with Gasteiger partial charge in [0.15, 0.2) is 0 Å². The number of nitrogens with one attached hydrogen (secondary N) is 1. The fourth-order valence-corrected chi connectivity index (χ4v) is 4.59. The van der Waals surface area contributed by atoms with Crippen LogP contribution in [0.4, 0.5) is 0 Å². The predicted molar refractivity (Wildman–Crippen MR) is 91.6 cm³/mol. The number of rotatable bonds is 3. The highest BCUT2D eigenvalue weighted by Crippen LogP contribution is 2.41. The number of hydrogen-bond acceptors (Lipinski definition) is 2. The van der Waals surface area contributed by atoms with Crippen LogP contribution in [0.1, 0.15) is 54.6 Å². The monoisotopic (exact) mass is 329 g/mol. The van der Waals surface area contributed by atoms with Gasteiger partial charge >= 0.3 is 0 Å². The van der Waals surface area contributed by atoms with Gasteiger partial charge in [-0.05, 0) is 51.0 Å². The molecule has 1 aliphatic carbocycles. The lowest BCUT2D eigenvalue weighted by Crippen LogP contribution is -2.52. The molecule has 1 N–H and O–H groups in total. The van der Waals surface area contributed by atoms with Gasteiger partial charge in [-0.25, -0.2) is 0 Å². The summed E-state index contributed by atoms with van der Waals surface area (Å²) in [5.74, 6) is 1.09. The summed E-state index contributed by atoms with van der Waals surface area (Å²) in [5.41, 5.74) is 1.33. The van der Waals surface area contributed by atoms with Crippen molar-refractivity contribution in [3.8, 4) is 0 Å². The van der Waals surface area contributed by atoms with Crippen LogP contribution in [-0.2, 0) is 4.79 Å². The summed E-state index contributed by atoms with van der Waals surface area (Å²) in [6, 6.07) is 1.84. The zero-order valence-electron chi connectivity index (χ0n) is 14.5. The Morgan fingerprint density at radius 1 is 1.29 bits per heavy atom. The van der Waals surface area contributed by atoms with Crippen molar-refractivity contribution < 1.29 is 9.59 Å². The maximum Gasteiger partial charge on any atom is 0.255 e. The first-order valence-corrected chi connectivity index (χ1v) is 9.32. The minimum atomic E-state index is -0.318. The number of hydrogen-bond donors (Lipinski definition) is 1. The quantitative estimate of drug-likeness (QED) is 0.926. The van der Waals surface area contributed by atoms with Crippen molar-refractivity contribution in [2.24, 2.45) is 11.3 Å². The molecule has 5 nitrogen and oxygen atoms in total. The Morgan fingerprint density at radius 2 is 2.12 bits per heavy atom. The highest BCUT2D eigenvalue weighted by Gasteiger charge is 2.49. The van der Waals surface area contributed by atoms with Crippen LogP contribution in [0.3, 0.4) is 0 Å². The Morgan fingerprint density at radius 3 is 2.79 bits per heavy atom. The molecule has 1 aromatic heterocycles. The summed E-state index contributed by atoms with van der Waals surface area (Å²) in [6.07, 6.45) is 8.49. The molecule has 1 aromatic rings. The van der Waals surface area contributed by atoms with Crippen LogP contribution < -0.4 is 0 Å². The molecule has 0 aromatic carbocycles. The molecule has 0 unspecified atom stereocenters. The van der Waals surface area contributed by atoms with E-state index in [1.807, 2.05) is 17.9 Å². The Labute approximate surface area is 143 Å². The van der Waals surface area contributed by atoms with Crippen LogP contribution in [0.2, 0.25) is 0 Å². The lowest BCUT2D eigenvalue weighted by molar-refractivity contribution is -0.146. The predicted octanol–water partition coefficient (Wildman–Crippen LogP) is 2.58. The third kappa shape index (κ3) is 2.54. The summed E-state index contributed by atoms with van der Waals surface area (Å²) in [4.78, 5) is 32.9. The van der Waals surface area contributed by atoms with E-state index >= 15 is 0 Å². The highest BCUT2D eigenvalue weighted by molar-refractivity contribution is 5.96. The summed E-state index contributed by atoms with van der Waals surface area (Å²) < 4.78 is 0. The van der Waals surface area contributed by atoms with Gasteiger partial charge in [0.05, 0.1) is 11.0 Å². The van der Waals surface area contributed by atoms with Crippen LogP contribution in [0, 0.1) is 18.3 Å². The van der Waals surface area contributed by atoms with Crippen molar-refractivity contribution in [1.29, 1.82) is 0 Å². The number of nitrogens with zero attached hydrogens (tertiary/aromatic N) is 2. The molecule has 2 aliphatic heterocycles. The Balaban J connectivity index is 1.46. The first-order chi connectivity index (χ1) is 11.6. The second-order valence-corrected chi connectivity index (χ2v) is 7.93. The van der Waals surface area contributed by atoms with E-state index in [4.69, 9.17) is 0 Å². The van der Waals surface area contributed by atoms with E-state index in [2.05, 4.69) is 9.88 Å². The molecule has 130 valence electrons. The molecular weight excluding hydrogens is 302 g/mol. The molecule has 0 radical (unpaired) electrons. The molecule has 1 spiro atoms. The lowest BCUT2D eigenvalue weighted by atomic mass is 9.77. The average molecular weight is 329 g/mol. The minimum Gasteiger partial charge on any atom is -0.365 e. The molecular formula is C19H27N3O2. The van der Waals surface area contributed by atoms with Gasteiger partial charge in [-0.3, -0.25) is 9.59 Å². The van der Waals surface area contributed by atoms with Crippen molar-refractivity contribution in [3.63, 3.8) is 0 Å². The third-order valence-corrected chi connectivity index (χ3v) is 6.35. The molecule has 2 amide bonds. The topological polar surface area (TPSA) is 56.4 Å². The molecule has 1 saturated carbocycles. The van der Waals surface area contributed by atoms with Gasteiger partial charge in [0.2, 0.25) is 5.91 Å². The maximum atomic E-state index is 13.1. The van der Waals surface area contributed by atoms with Crippen LogP contribution in [-0.4, -0.2) is 52.8 Å². The Bertz CT molecular complexity index is 649. The van der Waals surface area contributed by atoms with Crippen LogP contribution in [0.15, 0.2) is 12.3 Å². The molecule has 24 heavy (non-hydrogen) atoms. The normalized spacial score (nSPS) is 27.8. The van der Waals surface area contributed by atoms with Gasteiger partial charge in [0, 0.05) is 38.1 Å². The van der Waals surface area contributed by atoms with Crippen LogP contribution in [0.25, 0.3) is 0 Å². The summed E-state index contributed by atoms with van der Waals surface area (Å²) in [6.45, 7) is 5.06. The van der Waals surface area contributed by atoms with E-state index in [0.717, 1.165) is 43.6 Å². The van der Waals surface area contributed by atoms with E-state index in [1.54, 1.807) is 6.20 Å². The minimum absolute atomic E-state index is 0.0644.